The number of pyridine rings is 1. The van der Waals surface area contributed by atoms with Crippen LogP contribution in [0.2, 0.25) is 0 Å². The number of rotatable bonds is 3. The SMILES string of the molecule is Cc1c(C#N)c(O)n(C)c(=O)c1N=Nc1ccccc1C(=O)[O-]. The van der Waals surface area contributed by atoms with E-state index in [0.717, 1.165) is 4.57 Å². The van der Waals surface area contributed by atoms with Gasteiger partial charge in [0, 0.05) is 18.2 Å². The van der Waals surface area contributed by atoms with Gasteiger partial charge in [0.05, 0.1) is 11.7 Å². The second-order valence-electron chi connectivity index (χ2n) is 4.65. The van der Waals surface area contributed by atoms with Gasteiger partial charge in [0.1, 0.15) is 11.6 Å². The average Bonchev–Trinajstić information content (AvgIpc) is 2.53. The van der Waals surface area contributed by atoms with Gasteiger partial charge in [-0.05, 0) is 13.0 Å². The molecule has 1 aromatic carbocycles. The molecule has 0 aliphatic rings. The smallest absolute Gasteiger partial charge is 0.281 e. The summed E-state index contributed by atoms with van der Waals surface area (Å²) in [7, 11) is 1.28. The number of aromatic carboxylic acids is 1. The minimum Gasteiger partial charge on any atom is -0.545 e. The fourth-order valence-corrected chi connectivity index (χ4v) is 1.96. The number of hydrogen-bond acceptors (Lipinski definition) is 7. The van der Waals surface area contributed by atoms with Gasteiger partial charge in [-0.3, -0.25) is 9.36 Å². The van der Waals surface area contributed by atoms with Crippen LogP contribution in [0.15, 0.2) is 39.3 Å². The number of carboxylic acid groups (broad SMARTS) is 1. The van der Waals surface area contributed by atoms with E-state index in [-0.39, 0.29) is 28.1 Å². The molecule has 0 bridgehead atoms. The molecule has 2 aromatic rings. The van der Waals surface area contributed by atoms with Crippen LogP contribution in [0.5, 0.6) is 5.88 Å². The number of carbonyl (C=O) groups is 1. The van der Waals surface area contributed by atoms with Crippen LogP contribution < -0.4 is 10.7 Å². The minimum absolute atomic E-state index is 0.0144. The van der Waals surface area contributed by atoms with Gasteiger partial charge in [-0.25, -0.2) is 0 Å². The molecular formula is C15H11N4O4-. The molecule has 0 fully saturated rings. The largest absolute Gasteiger partial charge is 0.545 e. The molecule has 8 heteroatoms. The molecule has 0 aliphatic carbocycles. The number of nitrogens with zero attached hydrogens (tertiary/aromatic N) is 4. The summed E-state index contributed by atoms with van der Waals surface area (Å²) in [5, 5.41) is 37.4. The van der Waals surface area contributed by atoms with E-state index in [1.54, 1.807) is 12.1 Å². The molecule has 8 nitrogen and oxygen atoms in total. The van der Waals surface area contributed by atoms with Gasteiger partial charge in [-0.2, -0.15) is 5.26 Å². The van der Waals surface area contributed by atoms with Crippen molar-refractivity contribution in [2.75, 3.05) is 0 Å². The molecule has 0 aliphatic heterocycles. The summed E-state index contributed by atoms with van der Waals surface area (Å²) in [6, 6.07) is 7.55. The molecule has 0 amide bonds. The summed E-state index contributed by atoms with van der Waals surface area (Å²) in [6.45, 7) is 1.44. The summed E-state index contributed by atoms with van der Waals surface area (Å²) in [5.41, 5.74) is -0.925. The Labute approximate surface area is 130 Å². The highest BCUT2D eigenvalue weighted by molar-refractivity contribution is 5.91. The van der Waals surface area contributed by atoms with Gasteiger partial charge in [-0.15, -0.1) is 10.2 Å². The third kappa shape index (κ3) is 2.80. The van der Waals surface area contributed by atoms with Crippen LogP contribution in [0.4, 0.5) is 11.4 Å². The maximum Gasteiger partial charge on any atom is 0.281 e. The quantitative estimate of drug-likeness (QED) is 0.846. The van der Waals surface area contributed by atoms with Crippen LogP contribution >= 0.6 is 0 Å². The summed E-state index contributed by atoms with van der Waals surface area (Å²) in [6.07, 6.45) is 0. The van der Waals surface area contributed by atoms with Crippen molar-refractivity contribution in [2.45, 2.75) is 6.92 Å². The van der Waals surface area contributed by atoms with E-state index < -0.39 is 17.4 Å². The van der Waals surface area contributed by atoms with Gasteiger partial charge in [0.2, 0.25) is 5.88 Å². The van der Waals surface area contributed by atoms with Crippen molar-refractivity contribution in [1.82, 2.24) is 4.57 Å². The monoisotopic (exact) mass is 311 g/mol. The number of aromatic hydroxyl groups is 1. The molecule has 1 heterocycles. The lowest BCUT2D eigenvalue weighted by molar-refractivity contribution is -0.254. The second-order valence-corrected chi connectivity index (χ2v) is 4.65. The molecular weight excluding hydrogens is 300 g/mol. The van der Waals surface area contributed by atoms with Crippen LogP contribution in [-0.2, 0) is 7.05 Å². The molecule has 0 spiro atoms. The topological polar surface area (TPSA) is 131 Å². The van der Waals surface area contributed by atoms with Crippen LogP contribution in [0.25, 0.3) is 0 Å². The number of carbonyl (C=O) groups excluding carboxylic acids is 1. The average molecular weight is 311 g/mol. The van der Waals surface area contributed by atoms with Crippen molar-refractivity contribution < 1.29 is 15.0 Å². The Morgan fingerprint density at radius 1 is 1.35 bits per heavy atom. The van der Waals surface area contributed by atoms with Gasteiger partial charge in [0.25, 0.3) is 5.56 Å². The normalized spacial score (nSPS) is 10.7. The van der Waals surface area contributed by atoms with Gasteiger partial charge >= 0.3 is 0 Å². The maximum absolute atomic E-state index is 12.1. The molecule has 0 unspecified atom stereocenters. The standard InChI is InChI=1S/C15H12N4O4/c1-8-10(7-16)13(20)19(2)14(21)12(8)18-17-11-6-4-3-5-9(11)15(22)23/h3-6,20H,1-2H3,(H,22,23)/p-1. The lowest BCUT2D eigenvalue weighted by Crippen LogP contribution is -2.22. The van der Waals surface area contributed by atoms with E-state index in [1.165, 1.54) is 32.2 Å². The highest BCUT2D eigenvalue weighted by atomic mass is 16.4. The van der Waals surface area contributed by atoms with E-state index >= 15 is 0 Å². The lowest BCUT2D eigenvalue weighted by atomic mass is 10.1. The summed E-state index contributed by atoms with van der Waals surface area (Å²) < 4.78 is 0.866. The zero-order valence-corrected chi connectivity index (χ0v) is 12.3. The molecule has 116 valence electrons. The number of aromatic nitrogens is 1. The van der Waals surface area contributed by atoms with Crippen molar-refractivity contribution in [2.24, 2.45) is 17.3 Å². The molecule has 1 N–H and O–H groups in total. The van der Waals surface area contributed by atoms with Crippen molar-refractivity contribution in [3.8, 4) is 11.9 Å². The molecule has 1 aromatic heterocycles. The lowest BCUT2D eigenvalue weighted by Gasteiger charge is -2.09. The van der Waals surface area contributed by atoms with Crippen LogP contribution in [0.1, 0.15) is 21.5 Å². The maximum atomic E-state index is 12.1. The Hall–Kier alpha value is -3.47. The Bertz CT molecular complexity index is 922. The molecule has 0 saturated carbocycles. The van der Waals surface area contributed by atoms with Gasteiger partial charge < -0.3 is 15.0 Å². The number of benzene rings is 1. The predicted octanol–water partition coefficient (Wildman–Crippen LogP) is 1.05. The van der Waals surface area contributed by atoms with E-state index in [4.69, 9.17) is 5.26 Å². The zero-order valence-electron chi connectivity index (χ0n) is 12.3. The minimum atomic E-state index is -1.42. The molecule has 0 atom stereocenters. The highest BCUT2D eigenvalue weighted by Gasteiger charge is 2.17. The Morgan fingerprint density at radius 2 is 2.00 bits per heavy atom. The van der Waals surface area contributed by atoms with Crippen LogP contribution in [0.3, 0.4) is 0 Å². The van der Waals surface area contributed by atoms with Crippen molar-refractivity contribution in [3.05, 3.63) is 51.3 Å². The number of hydrogen-bond donors (Lipinski definition) is 1. The van der Waals surface area contributed by atoms with Crippen molar-refractivity contribution in [3.63, 3.8) is 0 Å². The first kappa shape index (κ1) is 15.9. The van der Waals surface area contributed by atoms with Gasteiger partial charge in [0.15, 0.2) is 5.69 Å². The highest BCUT2D eigenvalue weighted by Crippen LogP contribution is 2.27. The summed E-state index contributed by atoms with van der Waals surface area (Å²) in [4.78, 5) is 23.1. The second kappa shape index (κ2) is 6.11. The third-order valence-corrected chi connectivity index (χ3v) is 3.27. The number of carboxylic acids is 1. The number of azo groups is 1. The van der Waals surface area contributed by atoms with E-state index in [2.05, 4.69) is 10.2 Å². The van der Waals surface area contributed by atoms with Crippen molar-refractivity contribution >= 4 is 17.3 Å². The fourth-order valence-electron chi connectivity index (χ4n) is 1.96. The first-order valence-electron chi connectivity index (χ1n) is 6.43. The van der Waals surface area contributed by atoms with Gasteiger partial charge in [-0.1, -0.05) is 18.2 Å². The molecule has 2 rings (SSSR count). The van der Waals surface area contributed by atoms with E-state index in [1.807, 2.05) is 0 Å². The third-order valence-electron chi connectivity index (χ3n) is 3.27. The first-order valence-corrected chi connectivity index (χ1v) is 6.43. The van der Waals surface area contributed by atoms with Crippen LogP contribution in [-0.4, -0.2) is 15.6 Å². The first-order chi connectivity index (χ1) is 10.9. The predicted molar refractivity (Wildman–Crippen MR) is 77.7 cm³/mol. The summed E-state index contributed by atoms with van der Waals surface area (Å²) in [5.74, 6) is -1.89. The van der Waals surface area contributed by atoms with E-state index in [0.29, 0.717) is 0 Å². The fraction of sp³-hybridized carbons (Fsp3) is 0.133. The molecule has 0 saturated heterocycles. The Kier molecular flexibility index (Phi) is 4.23. The number of nitriles is 1. The molecule has 0 radical (unpaired) electrons. The van der Waals surface area contributed by atoms with E-state index in [9.17, 15) is 19.8 Å². The molecule has 23 heavy (non-hydrogen) atoms. The summed E-state index contributed by atoms with van der Waals surface area (Å²) >= 11 is 0. The zero-order chi connectivity index (χ0) is 17.1. The van der Waals surface area contributed by atoms with Crippen molar-refractivity contribution in [1.29, 1.82) is 5.26 Å². The Morgan fingerprint density at radius 3 is 2.61 bits per heavy atom. The van der Waals surface area contributed by atoms with Crippen LogP contribution in [0, 0.1) is 18.3 Å². The Balaban J connectivity index is 2.63.